The van der Waals surface area contributed by atoms with Crippen molar-refractivity contribution in [2.75, 3.05) is 13.1 Å². The molecular formula is C17H23N5O3. The second-order valence-electron chi connectivity index (χ2n) is 7.09. The Balaban J connectivity index is 1.46. The number of hydrogen-bond donors (Lipinski definition) is 1. The molecular weight excluding hydrogens is 322 g/mol. The monoisotopic (exact) mass is 345 g/mol. The highest BCUT2D eigenvalue weighted by molar-refractivity contribution is 5.79. The van der Waals surface area contributed by atoms with Gasteiger partial charge in [-0.2, -0.15) is 10.1 Å². The van der Waals surface area contributed by atoms with Gasteiger partial charge in [0.1, 0.15) is 0 Å². The zero-order valence-corrected chi connectivity index (χ0v) is 14.8. The molecule has 2 aromatic rings. The number of carbonyl (C=O) groups is 1. The maximum Gasteiger partial charge on any atom is 0.257 e. The Labute approximate surface area is 145 Å². The summed E-state index contributed by atoms with van der Waals surface area (Å²) >= 11 is 0. The number of nitrogens with zero attached hydrogens (tertiary/aromatic N) is 4. The van der Waals surface area contributed by atoms with Crippen LogP contribution >= 0.6 is 0 Å². The van der Waals surface area contributed by atoms with Gasteiger partial charge < -0.3 is 14.2 Å². The Morgan fingerprint density at radius 2 is 2.12 bits per heavy atom. The molecule has 25 heavy (non-hydrogen) atoms. The van der Waals surface area contributed by atoms with Crippen molar-refractivity contribution in [1.82, 2.24) is 25.2 Å². The van der Waals surface area contributed by atoms with Crippen LogP contribution < -0.4 is 0 Å². The molecule has 1 aliphatic carbocycles. The lowest BCUT2D eigenvalue weighted by atomic mass is 10.1. The number of carbonyl (C=O) groups excluding carboxylic acids is 1. The summed E-state index contributed by atoms with van der Waals surface area (Å²) < 4.78 is 11.3. The van der Waals surface area contributed by atoms with Gasteiger partial charge in [0.15, 0.2) is 11.9 Å². The Kier molecular flexibility index (Phi) is 4.07. The van der Waals surface area contributed by atoms with Crippen molar-refractivity contribution in [2.45, 2.75) is 58.2 Å². The van der Waals surface area contributed by atoms with Gasteiger partial charge in [0.2, 0.25) is 5.91 Å². The Morgan fingerprint density at radius 3 is 2.80 bits per heavy atom. The fourth-order valence-corrected chi connectivity index (χ4v) is 3.27. The summed E-state index contributed by atoms with van der Waals surface area (Å²) in [7, 11) is 0. The molecule has 8 nitrogen and oxygen atoms in total. The lowest BCUT2D eigenvalue weighted by Crippen LogP contribution is -2.46. The fourth-order valence-electron chi connectivity index (χ4n) is 3.27. The third-order valence-electron chi connectivity index (χ3n) is 4.90. The normalized spacial score (nSPS) is 23.9. The molecule has 1 saturated heterocycles. The van der Waals surface area contributed by atoms with Crippen molar-refractivity contribution in [1.29, 1.82) is 0 Å². The molecule has 0 radical (unpaired) electrons. The zero-order chi connectivity index (χ0) is 17.6. The molecule has 2 atom stereocenters. The molecule has 0 aromatic carbocycles. The summed E-state index contributed by atoms with van der Waals surface area (Å²) in [6, 6.07) is 0. The first-order chi connectivity index (χ1) is 12.0. The van der Waals surface area contributed by atoms with Crippen LogP contribution in [0.5, 0.6) is 0 Å². The number of morpholine rings is 1. The van der Waals surface area contributed by atoms with Crippen LogP contribution in [0.25, 0.3) is 0 Å². The molecule has 1 saturated carbocycles. The number of ether oxygens (including phenoxy) is 1. The standard InChI is InChI=1S/C17H23N5O3/c1-9-7-22(15(23)6-13-10(2)19-20-11(13)3)8-14(24-9)17-18-16(21-25-17)12-4-5-12/h9,12,14H,4-8H2,1-3H3,(H,19,20)/t9-,14-/m1/s1. The van der Waals surface area contributed by atoms with Crippen molar-refractivity contribution in [3.05, 3.63) is 28.7 Å². The summed E-state index contributed by atoms with van der Waals surface area (Å²) in [5.74, 6) is 1.74. The van der Waals surface area contributed by atoms with E-state index in [2.05, 4.69) is 20.3 Å². The van der Waals surface area contributed by atoms with E-state index in [1.165, 1.54) is 0 Å². The van der Waals surface area contributed by atoms with Crippen LogP contribution in [0.2, 0.25) is 0 Å². The minimum atomic E-state index is -0.362. The second-order valence-corrected chi connectivity index (χ2v) is 7.09. The minimum absolute atomic E-state index is 0.0645. The summed E-state index contributed by atoms with van der Waals surface area (Å²) in [5, 5.41) is 11.1. The quantitative estimate of drug-likeness (QED) is 0.908. The summed E-state index contributed by atoms with van der Waals surface area (Å²) in [6.07, 6.45) is 2.14. The van der Waals surface area contributed by atoms with Crippen LogP contribution in [0.4, 0.5) is 0 Å². The third-order valence-corrected chi connectivity index (χ3v) is 4.90. The van der Waals surface area contributed by atoms with Crippen molar-refractivity contribution in [3.63, 3.8) is 0 Å². The van der Waals surface area contributed by atoms with Gasteiger partial charge in [-0.3, -0.25) is 9.89 Å². The van der Waals surface area contributed by atoms with E-state index in [4.69, 9.17) is 9.26 Å². The van der Waals surface area contributed by atoms with Crippen LogP contribution in [0, 0.1) is 13.8 Å². The molecule has 1 amide bonds. The number of H-pyrrole nitrogens is 1. The smallest absolute Gasteiger partial charge is 0.257 e. The predicted octanol–water partition coefficient (Wildman–Crippen LogP) is 1.82. The molecule has 2 fully saturated rings. The van der Waals surface area contributed by atoms with Gasteiger partial charge >= 0.3 is 0 Å². The van der Waals surface area contributed by atoms with Crippen molar-refractivity contribution in [3.8, 4) is 0 Å². The van der Waals surface area contributed by atoms with E-state index in [-0.39, 0.29) is 18.1 Å². The summed E-state index contributed by atoms with van der Waals surface area (Å²) in [5.41, 5.74) is 2.78. The zero-order valence-electron chi connectivity index (χ0n) is 14.8. The number of rotatable bonds is 4. The number of aryl methyl sites for hydroxylation is 2. The first-order valence-corrected chi connectivity index (χ1v) is 8.78. The van der Waals surface area contributed by atoms with Crippen molar-refractivity contribution in [2.24, 2.45) is 0 Å². The fraction of sp³-hybridized carbons (Fsp3) is 0.647. The first kappa shape index (κ1) is 16.3. The topological polar surface area (TPSA) is 97.1 Å². The van der Waals surface area contributed by atoms with Gasteiger partial charge in [0, 0.05) is 23.7 Å². The van der Waals surface area contributed by atoms with E-state index < -0.39 is 0 Å². The number of aromatic amines is 1. The van der Waals surface area contributed by atoms with Gasteiger partial charge in [-0.15, -0.1) is 0 Å². The van der Waals surface area contributed by atoms with Crippen molar-refractivity contribution >= 4 is 5.91 Å². The van der Waals surface area contributed by atoms with E-state index in [0.29, 0.717) is 31.3 Å². The van der Waals surface area contributed by atoms with Gasteiger partial charge in [0.05, 0.1) is 24.8 Å². The predicted molar refractivity (Wildman–Crippen MR) is 87.9 cm³/mol. The van der Waals surface area contributed by atoms with Crippen LogP contribution in [-0.2, 0) is 16.0 Å². The lowest BCUT2D eigenvalue weighted by Gasteiger charge is -2.35. The van der Waals surface area contributed by atoms with E-state index in [1.807, 2.05) is 25.7 Å². The summed E-state index contributed by atoms with van der Waals surface area (Å²) in [6.45, 7) is 6.80. The lowest BCUT2D eigenvalue weighted by molar-refractivity contribution is -0.146. The highest BCUT2D eigenvalue weighted by Gasteiger charge is 2.35. The molecule has 1 aliphatic heterocycles. The van der Waals surface area contributed by atoms with Gasteiger partial charge in [-0.1, -0.05) is 5.16 Å². The van der Waals surface area contributed by atoms with E-state index in [1.54, 1.807) is 0 Å². The highest BCUT2D eigenvalue weighted by atomic mass is 16.5. The molecule has 1 N–H and O–H groups in total. The number of amides is 1. The third kappa shape index (κ3) is 3.30. The molecule has 0 bridgehead atoms. The Bertz CT molecular complexity index is 760. The van der Waals surface area contributed by atoms with Crippen molar-refractivity contribution < 1.29 is 14.1 Å². The van der Waals surface area contributed by atoms with Gasteiger partial charge in [-0.25, -0.2) is 0 Å². The SMILES string of the molecule is Cc1n[nH]c(C)c1CC(=O)N1C[C@@H](C)O[C@@H](c2nc(C3CC3)no2)C1. The molecule has 0 unspecified atom stereocenters. The van der Waals surface area contributed by atoms with E-state index >= 15 is 0 Å². The number of hydrogen-bond acceptors (Lipinski definition) is 6. The Morgan fingerprint density at radius 1 is 1.32 bits per heavy atom. The van der Waals surface area contributed by atoms with Crippen LogP contribution in [0.1, 0.15) is 60.5 Å². The average Bonchev–Trinajstić information content (AvgIpc) is 3.24. The van der Waals surface area contributed by atoms with Crippen LogP contribution in [0.3, 0.4) is 0 Å². The largest absolute Gasteiger partial charge is 0.362 e. The highest BCUT2D eigenvalue weighted by Crippen LogP contribution is 2.39. The van der Waals surface area contributed by atoms with E-state index in [9.17, 15) is 4.79 Å². The maximum absolute atomic E-state index is 12.8. The van der Waals surface area contributed by atoms with Crippen LogP contribution in [-0.4, -0.2) is 50.3 Å². The maximum atomic E-state index is 12.8. The number of nitrogens with one attached hydrogen (secondary N) is 1. The molecule has 2 aromatic heterocycles. The summed E-state index contributed by atoms with van der Waals surface area (Å²) in [4.78, 5) is 19.1. The second kappa shape index (κ2) is 6.25. The average molecular weight is 345 g/mol. The van der Waals surface area contributed by atoms with Crippen LogP contribution in [0.15, 0.2) is 4.52 Å². The van der Waals surface area contributed by atoms with Gasteiger partial charge in [0.25, 0.3) is 5.89 Å². The van der Waals surface area contributed by atoms with E-state index in [0.717, 1.165) is 35.6 Å². The number of aromatic nitrogens is 4. The molecule has 0 spiro atoms. The molecule has 134 valence electrons. The molecule has 8 heteroatoms. The Hall–Kier alpha value is -2.22. The molecule has 3 heterocycles. The minimum Gasteiger partial charge on any atom is -0.362 e. The molecule has 2 aliphatic rings. The molecule has 4 rings (SSSR count). The first-order valence-electron chi connectivity index (χ1n) is 8.78. The van der Waals surface area contributed by atoms with Gasteiger partial charge in [-0.05, 0) is 33.6 Å².